The zero-order valence-corrected chi connectivity index (χ0v) is 15.6. The van der Waals surface area contributed by atoms with Crippen molar-refractivity contribution in [3.8, 4) is 0 Å². The van der Waals surface area contributed by atoms with Crippen LogP contribution >= 0.6 is 35.0 Å². The summed E-state index contributed by atoms with van der Waals surface area (Å²) in [7, 11) is 0. The van der Waals surface area contributed by atoms with E-state index < -0.39 is 0 Å². The fraction of sp³-hybridized carbons (Fsp3) is 0.278. The quantitative estimate of drug-likeness (QED) is 0.675. The largest absolute Gasteiger partial charge is 0.394 e. The molecule has 0 aliphatic rings. The third-order valence-electron chi connectivity index (χ3n) is 3.53. The van der Waals surface area contributed by atoms with E-state index in [1.54, 1.807) is 30.0 Å². The van der Waals surface area contributed by atoms with Gasteiger partial charge in [-0.1, -0.05) is 42.3 Å². The van der Waals surface area contributed by atoms with Gasteiger partial charge in [0.25, 0.3) is 5.91 Å². The van der Waals surface area contributed by atoms with E-state index in [-0.39, 0.29) is 18.6 Å². The lowest BCUT2D eigenvalue weighted by Crippen LogP contribution is -2.36. The lowest BCUT2D eigenvalue weighted by Gasteiger charge is -2.14. The summed E-state index contributed by atoms with van der Waals surface area (Å²) < 4.78 is 0. The van der Waals surface area contributed by atoms with Gasteiger partial charge in [0.15, 0.2) is 0 Å². The number of aliphatic hydroxyl groups is 1. The maximum absolute atomic E-state index is 12.2. The molecule has 3 nitrogen and oxygen atoms in total. The fourth-order valence-electron chi connectivity index (χ4n) is 2.10. The lowest BCUT2D eigenvalue weighted by atomic mass is 10.1. The SMILES string of the molecule is CCC(CO)NC(=O)c1cccc(CSc2cc(Cl)ccc2Cl)c1. The van der Waals surface area contributed by atoms with Crippen LogP contribution in [0.15, 0.2) is 47.4 Å². The summed E-state index contributed by atoms with van der Waals surface area (Å²) in [6, 6.07) is 12.6. The van der Waals surface area contributed by atoms with E-state index in [0.29, 0.717) is 27.8 Å². The molecule has 0 bridgehead atoms. The molecule has 0 radical (unpaired) electrons. The summed E-state index contributed by atoms with van der Waals surface area (Å²) in [6.45, 7) is 1.86. The van der Waals surface area contributed by atoms with E-state index in [9.17, 15) is 9.90 Å². The highest BCUT2D eigenvalue weighted by atomic mass is 35.5. The Labute approximate surface area is 156 Å². The van der Waals surface area contributed by atoms with Gasteiger partial charge in [0.1, 0.15) is 0 Å². The number of carbonyl (C=O) groups excluding carboxylic acids is 1. The third kappa shape index (κ3) is 5.42. The summed E-state index contributed by atoms with van der Waals surface area (Å²) in [5.41, 5.74) is 1.60. The van der Waals surface area contributed by atoms with Crippen molar-refractivity contribution in [3.63, 3.8) is 0 Å². The maximum Gasteiger partial charge on any atom is 0.251 e. The third-order valence-corrected chi connectivity index (χ3v) is 5.33. The van der Waals surface area contributed by atoms with Gasteiger partial charge in [0, 0.05) is 21.2 Å². The molecule has 1 unspecified atom stereocenters. The summed E-state index contributed by atoms with van der Waals surface area (Å²) in [5, 5.41) is 13.3. The summed E-state index contributed by atoms with van der Waals surface area (Å²) in [4.78, 5) is 13.1. The first-order valence-corrected chi connectivity index (χ1v) is 9.36. The van der Waals surface area contributed by atoms with E-state index in [2.05, 4.69) is 5.32 Å². The summed E-state index contributed by atoms with van der Waals surface area (Å²) >= 11 is 13.7. The van der Waals surface area contributed by atoms with Crippen molar-refractivity contribution < 1.29 is 9.90 Å². The fourth-order valence-corrected chi connectivity index (χ4v) is 3.53. The Morgan fingerprint density at radius 1 is 1.25 bits per heavy atom. The van der Waals surface area contributed by atoms with Crippen LogP contribution in [0.4, 0.5) is 0 Å². The molecule has 24 heavy (non-hydrogen) atoms. The van der Waals surface area contributed by atoms with Crippen LogP contribution in [0.2, 0.25) is 10.0 Å². The number of thioether (sulfide) groups is 1. The van der Waals surface area contributed by atoms with E-state index in [1.807, 2.05) is 31.2 Å². The second-order valence-electron chi connectivity index (χ2n) is 5.33. The molecule has 0 aliphatic carbocycles. The lowest BCUT2D eigenvalue weighted by molar-refractivity contribution is 0.0915. The smallest absolute Gasteiger partial charge is 0.251 e. The normalized spacial score (nSPS) is 12.0. The van der Waals surface area contributed by atoms with Gasteiger partial charge in [-0.25, -0.2) is 0 Å². The summed E-state index contributed by atoms with van der Waals surface area (Å²) in [6.07, 6.45) is 0.686. The van der Waals surface area contributed by atoms with Crippen LogP contribution in [0, 0.1) is 0 Å². The van der Waals surface area contributed by atoms with Crippen LogP contribution in [-0.2, 0) is 5.75 Å². The molecule has 0 heterocycles. The highest BCUT2D eigenvalue weighted by molar-refractivity contribution is 7.98. The molecule has 0 spiro atoms. The number of benzene rings is 2. The van der Waals surface area contributed by atoms with E-state index in [1.165, 1.54) is 0 Å². The first-order valence-electron chi connectivity index (χ1n) is 7.62. The molecular weight excluding hydrogens is 365 g/mol. The molecule has 2 N–H and O–H groups in total. The van der Waals surface area contributed by atoms with Crippen molar-refractivity contribution in [3.05, 3.63) is 63.6 Å². The molecule has 0 aliphatic heterocycles. The van der Waals surface area contributed by atoms with Gasteiger partial charge in [0.2, 0.25) is 0 Å². The Bertz CT molecular complexity index is 705. The van der Waals surface area contributed by atoms with Gasteiger partial charge in [-0.3, -0.25) is 4.79 Å². The minimum atomic E-state index is -0.221. The molecule has 1 atom stereocenters. The van der Waals surface area contributed by atoms with E-state index in [0.717, 1.165) is 10.5 Å². The van der Waals surface area contributed by atoms with E-state index in [4.69, 9.17) is 23.2 Å². The molecule has 1 amide bonds. The van der Waals surface area contributed by atoms with Gasteiger partial charge in [-0.15, -0.1) is 11.8 Å². The van der Waals surface area contributed by atoms with Gasteiger partial charge in [0.05, 0.1) is 17.7 Å². The second-order valence-corrected chi connectivity index (χ2v) is 7.19. The molecule has 0 fully saturated rings. The number of hydrogen-bond donors (Lipinski definition) is 2. The van der Waals surface area contributed by atoms with Gasteiger partial charge in [-0.2, -0.15) is 0 Å². The van der Waals surface area contributed by atoms with Gasteiger partial charge < -0.3 is 10.4 Å². The Kier molecular flexibility index (Phi) is 7.43. The molecule has 2 aromatic carbocycles. The number of rotatable bonds is 7. The van der Waals surface area contributed by atoms with Gasteiger partial charge >= 0.3 is 0 Å². The number of hydrogen-bond acceptors (Lipinski definition) is 3. The highest BCUT2D eigenvalue weighted by Gasteiger charge is 2.12. The van der Waals surface area contributed by atoms with Crippen LogP contribution in [-0.4, -0.2) is 23.7 Å². The Balaban J connectivity index is 2.04. The first-order chi connectivity index (χ1) is 11.5. The molecule has 128 valence electrons. The number of halogens is 2. The van der Waals surface area contributed by atoms with Crippen molar-refractivity contribution in [2.75, 3.05) is 6.61 Å². The maximum atomic E-state index is 12.2. The van der Waals surface area contributed by atoms with Crippen LogP contribution < -0.4 is 5.32 Å². The highest BCUT2D eigenvalue weighted by Crippen LogP contribution is 2.32. The predicted molar refractivity (Wildman–Crippen MR) is 101 cm³/mol. The average Bonchev–Trinajstić information content (AvgIpc) is 2.60. The standard InChI is InChI=1S/C18H19Cl2NO2S/c1-2-15(10-22)21-18(23)13-5-3-4-12(8-13)11-24-17-9-14(19)6-7-16(17)20/h3-9,15,22H,2,10-11H2,1H3,(H,21,23). The van der Waals surface area contributed by atoms with Crippen molar-refractivity contribution in [2.24, 2.45) is 0 Å². The topological polar surface area (TPSA) is 49.3 Å². The van der Waals surface area contributed by atoms with Gasteiger partial charge in [-0.05, 0) is 42.3 Å². The monoisotopic (exact) mass is 383 g/mol. The molecule has 0 saturated carbocycles. The molecule has 2 aromatic rings. The van der Waals surface area contributed by atoms with Crippen molar-refractivity contribution in [2.45, 2.75) is 30.0 Å². The minimum absolute atomic E-state index is 0.0644. The van der Waals surface area contributed by atoms with E-state index >= 15 is 0 Å². The second kappa shape index (κ2) is 9.33. The molecule has 0 saturated heterocycles. The summed E-state index contributed by atoms with van der Waals surface area (Å²) in [5.74, 6) is 0.502. The molecule has 0 aromatic heterocycles. The van der Waals surface area contributed by atoms with Crippen LogP contribution in [0.25, 0.3) is 0 Å². The number of nitrogens with one attached hydrogen (secondary N) is 1. The van der Waals surface area contributed by atoms with Crippen molar-refractivity contribution in [1.82, 2.24) is 5.32 Å². The average molecular weight is 384 g/mol. The van der Waals surface area contributed by atoms with Crippen molar-refractivity contribution >= 4 is 40.9 Å². The Morgan fingerprint density at radius 2 is 2.04 bits per heavy atom. The van der Waals surface area contributed by atoms with Crippen LogP contribution in [0.5, 0.6) is 0 Å². The molecule has 6 heteroatoms. The molecular formula is C18H19Cl2NO2S. The van der Waals surface area contributed by atoms with Crippen molar-refractivity contribution in [1.29, 1.82) is 0 Å². The number of carbonyl (C=O) groups is 1. The Hall–Kier alpha value is -1.20. The first kappa shape index (κ1) is 19.1. The zero-order chi connectivity index (χ0) is 17.5. The van der Waals surface area contributed by atoms with Crippen LogP contribution in [0.3, 0.4) is 0 Å². The number of amides is 1. The zero-order valence-electron chi connectivity index (χ0n) is 13.3. The molecule has 2 rings (SSSR count). The minimum Gasteiger partial charge on any atom is -0.394 e. The van der Waals surface area contributed by atoms with Crippen LogP contribution in [0.1, 0.15) is 29.3 Å². The predicted octanol–water partition coefficient (Wildman–Crippen LogP) is 4.79. The number of aliphatic hydroxyl groups excluding tert-OH is 1. The Morgan fingerprint density at radius 3 is 2.75 bits per heavy atom.